The van der Waals surface area contributed by atoms with Crippen molar-refractivity contribution in [3.63, 3.8) is 0 Å². The third-order valence-corrected chi connectivity index (χ3v) is 1.39. The van der Waals surface area contributed by atoms with Gasteiger partial charge in [0.2, 0.25) is 6.41 Å². The molecule has 6 heteroatoms. The average molecular weight is 270 g/mol. The fourth-order valence-corrected chi connectivity index (χ4v) is 0.714. The zero-order valence-corrected chi connectivity index (χ0v) is 11.9. The Hall–Kier alpha value is -0.810. The lowest BCUT2D eigenvalue weighted by Crippen LogP contribution is -2.06. The molecule has 0 saturated carbocycles. The van der Waals surface area contributed by atoms with Gasteiger partial charge in [0.25, 0.3) is 0 Å². The van der Waals surface area contributed by atoms with Crippen molar-refractivity contribution in [3.8, 4) is 0 Å². The first-order valence-electron chi connectivity index (χ1n) is 5.37. The molecule has 0 spiro atoms. The van der Waals surface area contributed by atoms with Gasteiger partial charge in [-0.05, 0) is 19.8 Å². The van der Waals surface area contributed by atoms with Crippen LogP contribution in [0.3, 0.4) is 0 Å². The number of halogens is 1. The van der Waals surface area contributed by atoms with E-state index in [0.29, 0.717) is 6.61 Å². The largest absolute Gasteiger partial charge is 0.466 e. The number of nitrogens with zero attached hydrogens (tertiary/aromatic N) is 1. The van der Waals surface area contributed by atoms with Gasteiger partial charge in [0.15, 0.2) is 0 Å². The summed E-state index contributed by atoms with van der Waals surface area (Å²) in [5.41, 5.74) is 0. The minimum Gasteiger partial charge on any atom is -0.466 e. The second-order valence-corrected chi connectivity index (χ2v) is 3.31. The van der Waals surface area contributed by atoms with Gasteiger partial charge in [-0.25, -0.2) is 0 Å². The van der Waals surface area contributed by atoms with E-state index in [1.165, 1.54) is 24.7 Å². The van der Waals surface area contributed by atoms with Gasteiger partial charge in [0, 0.05) is 34.2 Å². The molecule has 17 heavy (non-hydrogen) atoms. The molecule has 1 fully saturated rings. The van der Waals surface area contributed by atoms with Gasteiger partial charge >= 0.3 is 5.97 Å². The van der Waals surface area contributed by atoms with E-state index in [4.69, 9.17) is 4.74 Å². The number of rotatable bonds is 2. The molecule has 0 unspecified atom stereocenters. The van der Waals surface area contributed by atoms with Gasteiger partial charge in [-0.1, -0.05) is 0 Å². The number of hydrogen-bond donors (Lipinski definition) is 0. The standard InChI is InChI=1S/C4H8O2.C4H8O.C3H7NO.ClH/c1-3-6-4(2)5;1-2-4-5-3-1;1-4(2)3-5;/h3H2,1-2H3;1-4H2;3H,1-2H3;1H. The maximum absolute atomic E-state index is 9.82. The van der Waals surface area contributed by atoms with Crippen LogP contribution in [0.5, 0.6) is 0 Å². The molecule has 1 amide bonds. The molecule has 0 radical (unpaired) electrons. The smallest absolute Gasteiger partial charge is 0.302 e. The van der Waals surface area contributed by atoms with E-state index in [1.807, 2.05) is 0 Å². The number of ether oxygens (including phenoxy) is 2. The van der Waals surface area contributed by atoms with Crippen LogP contribution in [0, 0.1) is 0 Å². The minimum atomic E-state index is -0.211. The first-order valence-corrected chi connectivity index (χ1v) is 5.37. The highest BCUT2D eigenvalue weighted by molar-refractivity contribution is 5.85. The van der Waals surface area contributed by atoms with Crippen LogP contribution in [0.1, 0.15) is 26.7 Å². The lowest BCUT2D eigenvalue weighted by molar-refractivity contribution is -0.140. The molecule has 1 aliphatic rings. The molecule has 0 bridgehead atoms. The highest BCUT2D eigenvalue weighted by Gasteiger charge is 1.94. The van der Waals surface area contributed by atoms with Gasteiger partial charge in [-0.15, -0.1) is 12.4 Å². The van der Waals surface area contributed by atoms with Crippen LogP contribution in [0.15, 0.2) is 0 Å². The first-order chi connectivity index (χ1) is 7.54. The predicted octanol–water partition coefficient (Wildman–Crippen LogP) is 1.49. The number of amides is 1. The molecule has 0 aliphatic carbocycles. The predicted molar refractivity (Wildman–Crippen MR) is 69.4 cm³/mol. The molecule has 0 aromatic heterocycles. The quantitative estimate of drug-likeness (QED) is 0.563. The summed E-state index contributed by atoms with van der Waals surface area (Å²) < 4.78 is 9.35. The van der Waals surface area contributed by atoms with Crippen molar-refractivity contribution in [2.24, 2.45) is 0 Å². The van der Waals surface area contributed by atoms with Crippen LogP contribution in [0.4, 0.5) is 0 Å². The summed E-state index contributed by atoms with van der Waals surface area (Å²) in [4.78, 5) is 20.7. The maximum Gasteiger partial charge on any atom is 0.302 e. The van der Waals surface area contributed by atoms with Crippen molar-refractivity contribution in [1.82, 2.24) is 4.90 Å². The summed E-state index contributed by atoms with van der Waals surface area (Å²) in [5, 5.41) is 0. The number of carbonyl (C=O) groups excluding carboxylic acids is 2. The van der Waals surface area contributed by atoms with E-state index in [-0.39, 0.29) is 18.4 Å². The summed E-state index contributed by atoms with van der Waals surface area (Å²) in [6.07, 6.45) is 3.31. The first kappa shape index (κ1) is 21.5. The molecule has 1 heterocycles. The van der Waals surface area contributed by atoms with Crippen LogP contribution in [0.2, 0.25) is 0 Å². The minimum absolute atomic E-state index is 0. The molecule has 0 aromatic carbocycles. The fraction of sp³-hybridized carbons (Fsp3) is 0.818. The van der Waals surface area contributed by atoms with E-state index in [0.717, 1.165) is 19.6 Å². The van der Waals surface area contributed by atoms with Gasteiger partial charge in [-0.3, -0.25) is 9.59 Å². The maximum atomic E-state index is 9.82. The van der Waals surface area contributed by atoms with Crippen LogP contribution in [-0.2, 0) is 19.1 Å². The third-order valence-electron chi connectivity index (χ3n) is 1.39. The molecule has 104 valence electrons. The summed E-state index contributed by atoms with van der Waals surface area (Å²) in [5.74, 6) is -0.211. The van der Waals surface area contributed by atoms with Crippen molar-refractivity contribution in [2.75, 3.05) is 33.9 Å². The average Bonchev–Trinajstić information content (AvgIpc) is 2.76. The Bertz CT molecular complexity index is 165. The van der Waals surface area contributed by atoms with Gasteiger partial charge in [-0.2, -0.15) is 0 Å². The van der Waals surface area contributed by atoms with E-state index in [1.54, 1.807) is 21.0 Å². The van der Waals surface area contributed by atoms with Crippen molar-refractivity contribution < 1.29 is 19.1 Å². The third kappa shape index (κ3) is 31.3. The lowest BCUT2D eigenvalue weighted by Gasteiger charge is -1.93. The Morgan fingerprint density at radius 3 is 1.82 bits per heavy atom. The second-order valence-electron chi connectivity index (χ2n) is 3.31. The second kappa shape index (κ2) is 17.6. The topological polar surface area (TPSA) is 55.8 Å². The van der Waals surface area contributed by atoms with Crippen molar-refractivity contribution in [3.05, 3.63) is 0 Å². The highest BCUT2D eigenvalue weighted by atomic mass is 35.5. The van der Waals surface area contributed by atoms with Crippen molar-refractivity contribution in [1.29, 1.82) is 0 Å². The highest BCUT2D eigenvalue weighted by Crippen LogP contribution is 1.98. The van der Waals surface area contributed by atoms with Crippen LogP contribution >= 0.6 is 12.4 Å². The van der Waals surface area contributed by atoms with Crippen molar-refractivity contribution in [2.45, 2.75) is 26.7 Å². The normalized spacial score (nSPS) is 11.8. The Morgan fingerprint density at radius 1 is 1.35 bits per heavy atom. The number of esters is 1. The molecular weight excluding hydrogens is 246 g/mol. The summed E-state index contributed by atoms with van der Waals surface area (Å²) in [6, 6.07) is 0. The summed E-state index contributed by atoms with van der Waals surface area (Å²) >= 11 is 0. The molecule has 1 saturated heterocycles. The molecule has 0 atom stereocenters. The molecular formula is C11H24ClNO4. The molecule has 0 N–H and O–H groups in total. The Morgan fingerprint density at radius 2 is 1.76 bits per heavy atom. The van der Waals surface area contributed by atoms with E-state index >= 15 is 0 Å². The Balaban J connectivity index is -0.000000169. The van der Waals surface area contributed by atoms with Crippen molar-refractivity contribution >= 4 is 24.8 Å². The molecule has 1 aliphatic heterocycles. The molecule has 1 rings (SSSR count). The van der Waals surface area contributed by atoms with E-state index in [2.05, 4.69) is 4.74 Å². The zero-order chi connectivity index (χ0) is 12.8. The molecule has 5 nitrogen and oxygen atoms in total. The monoisotopic (exact) mass is 269 g/mol. The van der Waals surface area contributed by atoms with Gasteiger partial charge in [0.1, 0.15) is 0 Å². The summed E-state index contributed by atoms with van der Waals surface area (Å²) in [6.45, 7) is 5.65. The Kier molecular flexibility index (Phi) is 22.2. The lowest BCUT2D eigenvalue weighted by atomic mass is 10.4. The van der Waals surface area contributed by atoms with E-state index < -0.39 is 0 Å². The van der Waals surface area contributed by atoms with Gasteiger partial charge < -0.3 is 14.4 Å². The summed E-state index contributed by atoms with van der Waals surface area (Å²) in [7, 11) is 3.38. The zero-order valence-electron chi connectivity index (χ0n) is 11.1. The number of carbonyl (C=O) groups is 2. The SMILES string of the molecule is C1CCOC1.CCOC(C)=O.CN(C)C=O.Cl. The fourth-order valence-electron chi connectivity index (χ4n) is 0.714. The van der Waals surface area contributed by atoms with E-state index in [9.17, 15) is 9.59 Å². The van der Waals surface area contributed by atoms with Crippen LogP contribution in [0.25, 0.3) is 0 Å². The van der Waals surface area contributed by atoms with Crippen LogP contribution in [-0.4, -0.2) is 51.2 Å². The molecule has 0 aromatic rings. The Labute approximate surface area is 110 Å². The van der Waals surface area contributed by atoms with Gasteiger partial charge in [0.05, 0.1) is 6.61 Å². The number of hydrogen-bond acceptors (Lipinski definition) is 4. The van der Waals surface area contributed by atoms with Crippen LogP contribution < -0.4 is 0 Å².